The van der Waals surface area contributed by atoms with E-state index in [2.05, 4.69) is 0 Å². The summed E-state index contributed by atoms with van der Waals surface area (Å²) in [7, 11) is -4.26. The van der Waals surface area contributed by atoms with Crippen LogP contribution in [0.3, 0.4) is 0 Å². The van der Waals surface area contributed by atoms with E-state index in [0.29, 0.717) is 6.42 Å². The van der Waals surface area contributed by atoms with Gasteiger partial charge in [0.1, 0.15) is 11.9 Å². The summed E-state index contributed by atoms with van der Waals surface area (Å²) in [5.41, 5.74) is 5.37. The van der Waals surface area contributed by atoms with E-state index in [1.807, 2.05) is 13.8 Å². The first kappa shape index (κ1) is 12.8. The number of hydrogen-bond acceptors (Lipinski definition) is 3. The van der Waals surface area contributed by atoms with Gasteiger partial charge in [-0.15, -0.1) is 0 Å². The fraction of sp³-hybridized carbons (Fsp3) is 1.00. The van der Waals surface area contributed by atoms with Gasteiger partial charge in [0.2, 0.25) is 0 Å². The van der Waals surface area contributed by atoms with Gasteiger partial charge in [-0.25, -0.2) is 4.39 Å². The summed E-state index contributed by atoms with van der Waals surface area (Å²) in [6.07, 6.45) is -1.30. The molecule has 0 rings (SSSR count). The summed E-state index contributed by atoms with van der Waals surface area (Å²) in [4.78, 5) is 0. The molecule has 0 aliphatic heterocycles. The van der Waals surface area contributed by atoms with Gasteiger partial charge >= 0.3 is 0 Å². The van der Waals surface area contributed by atoms with E-state index in [0.717, 1.165) is 0 Å². The van der Waals surface area contributed by atoms with Crippen molar-refractivity contribution in [3.63, 3.8) is 0 Å². The van der Waals surface area contributed by atoms with Crippen LogP contribution in [0.5, 0.6) is 0 Å². The van der Waals surface area contributed by atoms with Crippen LogP contribution in [0.15, 0.2) is 0 Å². The highest BCUT2D eigenvalue weighted by Gasteiger charge is 2.23. The molecular weight excluding hydrogens is 197 g/mol. The van der Waals surface area contributed by atoms with E-state index in [4.69, 9.17) is 10.3 Å². The van der Waals surface area contributed by atoms with E-state index in [-0.39, 0.29) is 5.92 Å². The molecule has 13 heavy (non-hydrogen) atoms. The maximum absolute atomic E-state index is 13.0. The molecule has 0 aromatic heterocycles. The summed E-state index contributed by atoms with van der Waals surface area (Å²) in [5.74, 6) is -0.712. The first-order valence-corrected chi connectivity index (χ1v) is 5.68. The molecule has 0 amide bonds. The molecule has 0 bridgehead atoms. The molecule has 80 valence electrons. The number of alkyl halides is 1. The molecule has 2 atom stereocenters. The molecule has 6 heteroatoms. The predicted molar refractivity (Wildman–Crippen MR) is 48.7 cm³/mol. The summed E-state index contributed by atoms with van der Waals surface area (Å²) in [6, 6.07) is -0.832. The molecule has 1 unspecified atom stereocenters. The Bertz CT molecular complexity index is 240. The Morgan fingerprint density at radius 3 is 2.23 bits per heavy atom. The fourth-order valence-electron chi connectivity index (χ4n) is 1.02. The third-order valence-corrected chi connectivity index (χ3v) is 2.32. The van der Waals surface area contributed by atoms with Crippen LogP contribution in [-0.2, 0) is 10.1 Å². The molecular formula is C7H16FNO3S. The maximum atomic E-state index is 13.0. The van der Waals surface area contributed by atoms with Crippen LogP contribution in [-0.4, -0.2) is 30.9 Å². The average molecular weight is 213 g/mol. The van der Waals surface area contributed by atoms with Gasteiger partial charge in [-0.05, 0) is 12.3 Å². The summed E-state index contributed by atoms with van der Waals surface area (Å²) >= 11 is 0. The number of hydrogen-bond donors (Lipinski definition) is 2. The zero-order valence-corrected chi connectivity index (χ0v) is 8.59. The van der Waals surface area contributed by atoms with Crippen LogP contribution in [0.2, 0.25) is 0 Å². The average Bonchev–Trinajstić information content (AvgIpc) is 1.81. The molecule has 0 aliphatic rings. The van der Waals surface area contributed by atoms with Gasteiger partial charge in [0.05, 0.1) is 0 Å². The minimum Gasteiger partial charge on any atom is -0.325 e. The number of nitrogens with two attached hydrogens (primary N) is 1. The fourth-order valence-corrected chi connectivity index (χ4v) is 1.67. The quantitative estimate of drug-likeness (QED) is 0.655. The minimum atomic E-state index is -4.26. The molecule has 0 aromatic carbocycles. The molecule has 0 radical (unpaired) electrons. The van der Waals surface area contributed by atoms with Gasteiger partial charge in [0.25, 0.3) is 10.1 Å². The van der Waals surface area contributed by atoms with Crippen molar-refractivity contribution in [1.82, 2.24) is 0 Å². The lowest BCUT2D eigenvalue weighted by atomic mass is 10.0. The van der Waals surface area contributed by atoms with Crippen molar-refractivity contribution < 1.29 is 17.4 Å². The van der Waals surface area contributed by atoms with Crippen molar-refractivity contribution in [2.45, 2.75) is 32.5 Å². The van der Waals surface area contributed by atoms with Crippen molar-refractivity contribution in [2.75, 3.05) is 5.75 Å². The third-order valence-electron chi connectivity index (χ3n) is 1.58. The molecule has 0 saturated carbocycles. The predicted octanol–water partition coefficient (Wildman–Crippen LogP) is 0.586. The molecule has 0 fully saturated rings. The van der Waals surface area contributed by atoms with E-state index in [1.54, 1.807) is 0 Å². The van der Waals surface area contributed by atoms with Crippen molar-refractivity contribution in [3.05, 3.63) is 0 Å². The first-order valence-electron chi connectivity index (χ1n) is 4.07. The number of halogens is 1. The molecule has 3 N–H and O–H groups in total. The first-order chi connectivity index (χ1) is 5.72. The van der Waals surface area contributed by atoms with Gasteiger partial charge in [-0.2, -0.15) is 8.42 Å². The minimum absolute atomic E-state index is 0.203. The summed E-state index contributed by atoms with van der Waals surface area (Å²) < 4.78 is 41.9. The lowest BCUT2D eigenvalue weighted by molar-refractivity contribution is 0.276. The largest absolute Gasteiger partial charge is 0.325 e. The highest BCUT2D eigenvalue weighted by molar-refractivity contribution is 7.85. The Labute approximate surface area is 78.1 Å². The molecule has 0 heterocycles. The second-order valence-corrected chi connectivity index (χ2v) is 5.06. The van der Waals surface area contributed by atoms with Crippen LogP contribution >= 0.6 is 0 Å². The lowest BCUT2D eigenvalue weighted by Gasteiger charge is -2.17. The Balaban J connectivity index is 4.04. The van der Waals surface area contributed by atoms with Gasteiger partial charge < -0.3 is 5.73 Å². The lowest BCUT2D eigenvalue weighted by Crippen LogP contribution is -2.37. The second kappa shape index (κ2) is 4.88. The monoisotopic (exact) mass is 213 g/mol. The van der Waals surface area contributed by atoms with Crippen molar-refractivity contribution in [2.24, 2.45) is 11.7 Å². The van der Waals surface area contributed by atoms with E-state index in [1.165, 1.54) is 0 Å². The van der Waals surface area contributed by atoms with Crippen LogP contribution < -0.4 is 5.73 Å². The van der Waals surface area contributed by atoms with Crippen LogP contribution in [0.1, 0.15) is 20.3 Å². The zero-order chi connectivity index (χ0) is 10.6. The van der Waals surface area contributed by atoms with Crippen LogP contribution in [0.4, 0.5) is 4.39 Å². The Morgan fingerprint density at radius 2 is 1.92 bits per heavy atom. The van der Waals surface area contributed by atoms with Crippen molar-refractivity contribution in [3.8, 4) is 0 Å². The molecule has 4 nitrogen and oxygen atoms in total. The van der Waals surface area contributed by atoms with E-state index < -0.39 is 28.1 Å². The topological polar surface area (TPSA) is 80.4 Å². The van der Waals surface area contributed by atoms with Crippen LogP contribution in [0, 0.1) is 5.92 Å². The smallest absolute Gasteiger partial charge is 0.267 e. The van der Waals surface area contributed by atoms with E-state index in [9.17, 15) is 12.8 Å². The maximum Gasteiger partial charge on any atom is 0.267 e. The van der Waals surface area contributed by atoms with Gasteiger partial charge in [-0.3, -0.25) is 4.55 Å². The molecule has 0 saturated heterocycles. The second-order valence-electron chi connectivity index (χ2n) is 3.56. The highest BCUT2D eigenvalue weighted by Crippen LogP contribution is 2.10. The molecule has 0 aromatic rings. The molecule has 0 spiro atoms. The standard InChI is InChI=1S/C7H16FNO3S/c1-5(2)3-7(9)6(8)4-13(10,11)12/h5-7H,3-4,9H2,1-2H3,(H,10,11,12)/t6?,7-/m1/s1. The third kappa shape index (κ3) is 6.92. The summed E-state index contributed by atoms with van der Waals surface area (Å²) in [6.45, 7) is 3.72. The number of rotatable bonds is 5. The zero-order valence-electron chi connectivity index (χ0n) is 7.77. The summed E-state index contributed by atoms with van der Waals surface area (Å²) in [5, 5.41) is 0. The normalized spacial score (nSPS) is 17.4. The SMILES string of the molecule is CC(C)C[C@@H](N)C(F)CS(=O)(=O)O. The van der Waals surface area contributed by atoms with Gasteiger partial charge in [-0.1, -0.05) is 13.8 Å². The Kier molecular flexibility index (Phi) is 4.80. The highest BCUT2D eigenvalue weighted by atomic mass is 32.2. The Morgan fingerprint density at radius 1 is 1.46 bits per heavy atom. The van der Waals surface area contributed by atoms with Crippen molar-refractivity contribution >= 4 is 10.1 Å². The van der Waals surface area contributed by atoms with Gasteiger partial charge in [0.15, 0.2) is 0 Å². The van der Waals surface area contributed by atoms with Gasteiger partial charge in [0, 0.05) is 6.04 Å². The van der Waals surface area contributed by atoms with Crippen molar-refractivity contribution in [1.29, 1.82) is 0 Å². The Hall–Kier alpha value is -0.200. The van der Waals surface area contributed by atoms with Crippen LogP contribution in [0.25, 0.3) is 0 Å². The molecule has 0 aliphatic carbocycles. The van der Waals surface area contributed by atoms with E-state index >= 15 is 0 Å².